The Balaban J connectivity index is 1.94. The van der Waals surface area contributed by atoms with Crippen molar-refractivity contribution in [2.75, 3.05) is 18.0 Å². The summed E-state index contributed by atoms with van der Waals surface area (Å²) in [6.45, 7) is 0.979. The van der Waals surface area contributed by atoms with Gasteiger partial charge in [0.15, 0.2) is 5.84 Å². The molecule has 0 spiro atoms. The fourth-order valence-corrected chi connectivity index (χ4v) is 3.50. The van der Waals surface area contributed by atoms with Crippen LogP contribution in [-0.4, -0.2) is 35.8 Å². The fourth-order valence-electron chi connectivity index (χ4n) is 2.80. The second-order valence-electron chi connectivity index (χ2n) is 5.46. The molecule has 2 heterocycles. The lowest BCUT2D eigenvalue weighted by Gasteiger charge is -2.34. The molecule has 0 aromatic heterocycles. The molecule has 0 aliphatic carbocycles. The van der Waals surface area contributed by atoms with E-state index in [-0.39, 0.29) is 6.03 Å². The lowest BCUT2D eigenvalue weighted by molar-refractivity contribution is 0.232. The largest absolute Gasteiger partial charge is 0.352 e. The van der Waals surface area contributed by atoms with Crippen LogP contribution in [-0.2, 0) is 0 Å². The number of urea groups is 1. The Morgan fingerprint density at radius 2 is 1.64 bits per heavy atom. The maximum atomic E-state index is 12.4. The first-order chi connectivity index (χ1) is 12.1. The monoisotopic (exact) mass is 392 g/mol. The second-order valence-corrected chi connectivity index (χ2v) is 6.71. The van der Waals surface area contributed by atoms with Crippen LogP contribution in [0.5, 0.6) is 0 Å². The first-order valence-electron chi connectivity index (χ1n) is 7.51. The van der Waals surface area contributed by atoms with Gasteiger partial charge < -0.3 is 0 Å². The van der Waals surface area contributed by atoms with Crippen molar-refractivity contribution in [3.05, 3.63) is 63.1 Å². The van der Waals surface area contributed by atoms with Gasteiger partial charge in [0.1, 0.15) is 0 Å². The van der Waals surface area contributed by atoms with Crippen LogP contribution in [0, 0.1) is 0 Å². The fraction of sp³-hybridized carbons (Fsp3) is 0.118. The van der Waals surface area contributed by atoms with Gasteiger partial charge in [-0.15, -0.1) is 0 Å². The minimum atomic E-state index is -0.361. The van der Waals surface area contributed by atoms with Crippen molar-refractivity contribution in [1.29, 1.82) is 0 Å². The van der Waals surface area contributed by atoms with Crippen molar-refractivity contribution < 1.29 is 4.79 Å². The normalized spacial score (nSPS) is 16.7. The van der Waals surface area contributed by atoms with E-state index in [9.17, 15) is 4.79 Å². The zero-order valence-electron chi connectivity index (χ0n) is 12.8. The number of carbonyl (C=O) groups is 1. The molecule has 25 heavy (non-hydrogen) atoms. The standard InChI is InChI=1S/C17H11Cl3N4O/c18-11-6-4-10(5-7-11)15-22-17(25)23-9-8-21-16(23)24(15)14-12(19)2-1-3-13(14)20/h1-7H,8-9H2. The maximum absolute atomic E-state index is 12.4. The highest BCUT2D eigenvalue weighted by Gasteiger charge is 2.38. The SMILES string of the molecule is O=C1N=C(c2ccc(Cl)cc2)N(c2c(Cl)cccc2Cl)C2=NCCN12. The van der Waals surface area contributed by atoms with E-state index in [0.717, 1.165) is 0 Å². The van der Waals surface area contributed by atoms with E-state index in [1.807, 2.05) is 0 Å². The van der Waals surface area contributed by atoms with Gasteiger partial charge in [-0.2, -0.15) is 4.99 Å². The highest BCUT2D eigenvalue weighted by Crippen LogP contribution is 2.37. The Morgan fingerprint density at radius 3 is 2.32 bits per heavy atom. The third-order valence-corrected chi connectivity index (χ3v) is 4.79. The van der Waals surface area contributed by atoms with Gasteiger partial charge in [0.25, 0.3) is 0 Å². The number of anilines is 1. The molecule has 5 nitrogen and oxygen atoms in total. The summed E-state index contributed by atoms with van der Waals surface area (Å²) in [5.41, 5.74) is 1.25. The summed E-state index contributed by atoms with van der Waals surface area (Å²) in [5, 5.41) is 1.48. The van der Waals surface area contributed by atoms with Crippen LogP contribution in [0.3, 0.4) is 0 Å². The van der Waals surface area contributed by atoms with Crippen molar-refractivity contribution in [3.8, 4) is 0 Å². The minimum Gasteiger partial charge on any atom is -0.261 e. The van der Waals surface area contributed by atoms with E-state index in [4.69, 9.17) is 34.8 Å². The smallest absolute Gasteiger partial charge is 0.261 e. The van der Waals surface area contributed by atoms with E-state index in [2.05, 4.69) is 9.98 Å². The van der Waals surface area contributed by atoms with Gasteiger partial charge in [-0.05, 0) is 36.4 Å². The van der Waals surface area contributed by atoms with E-state index in [0.29, 0.717) is 51.2 Å². The minimum absolute atomic E-state index is 0.361. The van der Waals surface area contributed by atoms with E-state index >= 15 is 0 Å². The molecule has 2 aliphatic rings. The molecule has 8 heteroatoms. The predicted molar refractivity (Wildman–Crippen MR) is 101 cm³/mol. The number of aliphatic imine (C=N–C) groups is 2. The summed E-state index contributed by atoms with van der Waals surface area (Å²) < 4.78 is 0. The molecular weight excluding hydrogens is 383 g/mol. The average molecular weight is 394 g/mol. The molecule has 4 rings (SSSR count). The van der Waals surface area contributed by atoms with Crippen LogP contribution in [0.2, 0.25) is 15.1 Å². The second kappa shape index (κ2) is 6.33. The van der Waals surface area contributed by atoms with E-state index < -0.39 is 0 Å². The van der Waals surface area contributed by atoms with Crippen LogP contribution in [0.1, 0.15) is 5.56 Å². The Hall–Kier alpha value is -2.08. The first kappa shape index (κ1) is 16.4. The Bertz CT molecular complexity index is 904. The number of nitrogens with zero attached hydrogens (tertiary/aromatic N) is 4. The van der Waals surface area contributed by atoms with Crippen molar-refractivity contribution in [2.24, 2.45) is 9.98 Å². The van der Waals surface area contributed by atoms with Gasteiger partial charge in [0.2, 0.25) is 5.96 Å². The summed E-state index contributed by atoms with van der Waals surface area (Å²) in [5.74, 6) is 0.883. The summed E-state index contributed by atoms with van der Waals surface area (Å²) in [6.07, 6.45) is 0. The number of amides is 2. The number of guanidine groups is 1. The lowest BCUT2D eigenvalue weighted by Crippen LogP contribution is -2.52. The quantitative estimate of drug-likeness (QED) is 0.742. The summed E-state index contributed by atoms with van der Waals surface area (Å²) in [6, 6.07) is 11.9. The van der Waals surface area contributed by atoms with Crippen molar-refractivity contribution >= 4 is 58.3 Å². The average Bonchev–Trinajstić information content (AvgIpc) is 3.07. The number of halogens is 3. The van der Waals surface area contributed by atoms with E-state index in [1.54, 1.807) is 47.4 Å². The molecule has 0 saturated carbocycles. The number of fused-ring (bicyclic) bond motifs is 1. The number of carbonyl (C=O) groups excluding carboxylic acids is 1. The van der Waals surface area contributed by atoms with Gasteiger partial charge in [-0.3, -0.25) is 14.8 Å². The van der Waals surface area contributed by atoms with Gasteiger partial charge in [0.05, 0.1) is 28.8 Å². The molecule has 0 bridgehead atoms. The van der Waals surface area contributed by atoms with Gasteiger partial charge >= 0.3 is 6.03 Å². The molecule has 2 amide bonds. The highest BCUT2D eigenvalue weighted by atomic mass is 35.5. The van der Waals surface area contributed by atoms with Crippen LogP contribution < -0.4 is 4.90 Å². The Morgan fingerprint density at radius 1 is 0.960 bits per heavy atom. The summed E-state index contributed by atoms with van der Waals surface area (Å²) in [7, 11) is 0. The zero-order chi connectivity index (χ0) is 17.6. The molecule has 2 aliphatic heterocycles. The number of amidine groups is 1. The summed E-state index contributed by atoms with van der Waals surface area (Å²) in [4.78, 5) is 24.4. The predicted octanol–water partition coefficient (Wildman–Crippen LogP) is 4.71. The van der Waals surface area contributed by atoms with Crippen molar-refractivity contribution in [1.82, 2.24) is 4.90 Å². The number of para-hydroxylation sites is 1. The third-order valence-electron chi connectivity index (χ3n) is 3.93. The number of rotatable bonds is 2. The summed E-state index contributed by atoms with van der Waals surface area (Å²) >= 11 is 18.8. The maximum Gasteiger partial charge on any atom is 0.352 e. The Kier molecular flexibility index (Phi) is 4.15. The molecule has 0 N–H and O–H groups in total. The molecule has 0 atom stereocenters. The van der Waals surface area contributed by atoms with Crippen LogP contribution in [0.4, 0.5) is 10.5 Å². The molecular formula is C17H11Cl3N4O. The molecule has 2 aromatic rings. The Labute approximate surface area is 159 Å². The van der Waals surface area contributed by atoms with Gasteiger partial charge in [0, 0.05) is 10.6 Å². The topological polar surface area (TPSA) is 48.3 Å². The molecule has 0 fully saturated rings. The van der Waals surface area contributed by atoms with Crippen LogP contribution in [0.15, 0.2) is 52.4 Å². The molecule has 2 aromatic carbocycles. The van der Waals surface area contributed by atoms with E-state index in [1.165, 1.54) is 4.90 Å². The molecule has 126 valence electrons. The zero-order valence-corrected chi connectivity index (χ0v) is 15.1. The molecule has 0 radical (unpaired) electrons. The number of hydrogen-bond acceptors (Lipinski definition) is 3. The molecule has 0 saturated heterocycles. The molecule has 0 unspecified atom stereocenters. The number of hydrogen-bond donors (Lipinski definition) is 0. The van der Waals surface area contributed by atoms with Crippen molar-refractivity contribution in [3.63, 3.8) is 0 Å². The van der Waals surface area contributed by atoms with Gasteiger partial charge in [-0.1, -0.05) is 40.9 Å². The van der Waals surface area contributed by atoms with Crippen LogP contribution >= 0.6 is 34.8 Å². The first-order valence-corrected chi connectivity index (χ1v) is 8.64. The highest BCUT2D eigenvalue weighted by molar-refractivity contribution is 6.43. The van der Waals surface area contributed by atoms with Crippen molar-refractivity contribution in [2.45, 2.75) is 0 Å². The number of benzene rings is 2. The van der Waals surface area contributed by atoms with Gasteiger partial charge in [-0.25, -0.2) is 4.79 Å². The third kappa shape index (κ3) is 2.78. The van der Waals surface area contributed by atoms with Crippen LogP contribution in [0.25, 0.3) is 0 Å². The lowest BCUT2D eigenvalue weighted by atomic mass is 10.1.